The average molecular weight is 249 g/mol. The van der Waals surface area contributed by atoms with Crippen LogP contribution in [0.3, 0.4) is 0 Å². The Morgan fingerprint density at radius 2 is 1.94 bits per heavy atom. The lowest BCUT2D eigenvalue weighted by Gasteiger charge is -2.28. The fourth-order valence-electron chi connectivity index (χ4n) is 1.98. The van der Waals surface area contributed by atoms with Crippen LogP contribution >= 0.6 is 0 Å². The van der Waals surface area contributed by atoms with Gasteiger partial charge in [-0.05, 0) is 38.8 Å². The molecule has 18 heavy (non-hydrogen) atoms. The summed E-state index contributed by atoms with van der Waals surface area (Å²) in [7, 11) is 0. The van der Waals surface area contributed by atoms with Crippen molar-refractivity contribution in [3.05, 3.63) is 35.9 Å². The lowest BCUT2D eigenvalue weighted by molar-refractivity contribution is -0.150. The van der Waals surface area contributed by atoms with Crippen molar-refractivity contribution < 1.29 is 9.53 Å². The number of carbonyl (C=O) groups excluding carboxylic acids is 1. The predicted molar refractivity (Wildman–Crippen MR) is 73.5 cm³/mol. The van der Waals surface area contributed by atoms with Gasteiger partial charge in [0.15, 0.2) is 0 Å². The number of carbonyl (C=O) groups is 1. The maximum atomic E-state index is 12.0. The molecule has 0 aliphatic heterocycles. The summed E-state index contributed by atoms with van der Waals surface area (Å²) in [6.07, 6.45) is 1.60. The highest BCUT2D eigenvalue weighted by Gasteiger charge is 2.33. The molecular weight excluding hydrogens is 226 g/mol. The zero-order valence-corrected chi connectivity index (χ0v) is 11.5. The fraction of sp³-hybridized carbons (Fsp3) is 0.533. The summed E-state index contributed by atoms with van der Waals surface area (Å²) in [5, 5.41) is 3.24. The average Bonchev–Trinajstić information content (AvgIpc) is 2.38. The fourth-order valence-corrected chi connectivity index (χ4v) is 1.98. The second-order valence-corrected chi connectivity index (χ2v) is 4.57. The minimum Gasteiger partial charge on any atom is -0.465 e. The van der Waals surface area contributed by atoms with E-state index in [2.05, 4.69) is 17.4 Å². The van der Waals surface area contributed by atoms with Crippen molar-refractivity contribution in [1.29, 1.82) is 0 Å². The molecule has 0 heterocycles. The molecule has 0 radical (unpaired) electrons. The molecule has 0 aromatic heterocycles. The van der Waals surface area contributed by atoms with Gasteiger partial charge in [0.25, 0.3) is 0 Å². The second kappa shape index (κ2) is 7.17. The Kier molecular flexibility index (Phi) is 5.86. The van der Waals surface area contributed by atoms with Crippen LogP contribution in [-0.2, 0) is 16.0 Å². The van der Waals surface area contributed by atoms with E-state index in [1.807, 2.05) is 39.0 Å². The van der Waals surface area contributed by atoms with Crippen molar-refractivity contribution >= 4 is 5.97 Å². The van der Waals surface area contributed by atoms with E-state index in [1.54, 1.807) is 0 Å². The van der Waals surface area contributed by atoms with Gasteiger partial charge in [0.2, 0.25) is 0 Å². The molecule has 0 bridgehead atoms. The highest BCUT2D eigenvalue weighted by molar-refractivity contribution is 5.80. The minimum atomic E-state index is -0.597. The van der Waals surface area contributed by atoms with Crippen LogP contribution in [0.2, 0.25) is 0 Å². The van der Waals surface area contributed by atoms with Gasteiger partial charge >= 0.3 is 5.97 Å². The van der Waals surface area contributed by atoms with E-state index in [0.29, 0.717) is 6.61 Å². The molecule has 100 valence electrons. The van der Waals surface area contributed by atoms with Gasteiger partial charge in [-0.3, -0.25) is 4.79 Å². The number of benzene rings is 1. The van der Waals surface area contributed by atoms with Gasteiger partial charge in [-0.15, -0.1) is 0 Å². The van der Waals surface area contributed by atoms with Crippen molar-refractivity contribution in [3.8, 4) is 0 Å². The maximum absolute atomic E-state index is 12.0. The van der Waals surface area contributed by atoms with E-state index in [9.17, 15) is 4.79 Å². The van der Waals surface area contributed by atoms with E-state index in [-0.39, 0.29) is 5.97 Å². The number of ether oxygens (including phenoxy) is 1. The van der Waals surface area contributed by atoms with Crippen LogP contribution in [0.25, 0.3) is 0 Å². The van der Waals surface area contributed by atoms with Gasteiger partial charge in [-0.1, -0.05) is 37.3 Å². The Morgan fingerprint density at radius 3 is 2.50 bits per heavy atom. The van der Waals surface area contributed by atoms with Gasteiger partial charge in [-0.2, -0.15) is 0 Å². The molecule has 0 aliphatic carbocycles. The Labute approximate surface area is 110 Å². The molecule has 0 aliphatic rings. The van der Waals surface area contributed by atoms with Gasteiger partial charge < -0.3 is 10.1 Å². The number of rotatable bonds is 7. The molecule has 3 heteroatoms. The third-order valence-electron chi connectivity index (χ3n) is 3.05. The number of aryl methyl sites for hydroxylation is 1. The highest BCUT2D eigenvalue weighted by Crippen LogP contribution is 2.16. The first-order valence-electron chi connectivity index (χ1n) is 6.58. The molecule has 1 unspecified atom stereocenters. The number of hydrogen-bond donors (Lipinski definition) is 1. The van der Waals surface area contributed by atoms with Crippen LogP contribution in [0, 0.1) is 0 Å². The van der Waals surface area contributed by atoms with Crippen molar-refractivity contribution in [1.82, 2.24) is 5.32 Å². The van der Waals surface area contributed by atoms with E-state index < -0.39 is 5.54 Å². The van der Waals surface area contributed by atoms with E-state index >= 15 is 0 Å². The monoisotopic (exact) mass is 249 g/mol. The highest BCUT2D eigenvalue weighted by atomic mass is 16.5. The molecule has 1 rings (SSSR count). The van der Waals surface area contributed by atoms with Crippen LogP contribution < -0.4 is 5.32 Å². The molecule has 1 aromatic carbocycles. The standard InChI is InChI=1S/C15H23NO2/c1-4-16-15(3,14(17)18-5-2)12-11-13-9-7-6-8-10-13/h6-10,16H,4-5,11-12H2,1-3H3. The summed E-state index contributed by atoms with van der Waals surface area (Å²) in [6.45, 7) is 6.92. The number of likely N-dealkylation sites (N-methyl/N-ethyl adjacent to an activating group) is 1. The zero-order valence-electron chi connectivity index (χ0n) is 11.5. The van der Waals surface area contributed by atoms with Crippen LogP contribution in [0.5, 0.6) is 0 Å². The molecule has 0 fully saturated rings. The van der Waals surface area contributed by atoms with Crippen molar-refractivity contribution in [2.45, 2.75) is 39.2 Å². The summed E-state index contributed by atoms with van der Waals surface area (Å²) in [6, 6.07) is 10.2. The van der Waals surface area contributed by atoms with Crippen LogP contribution in [-0.4, -0.2) is 24.7 Å². The van der Waals surface area contributed by atoms with E-state index in [0.717, 1.165) is 19.4 Å². The van der Waals surface area contributed by atoms with Crippen LogP contribution in [0.4, 0.5) is 0 Å². The van der Waals surface area contributed by atoms with Crippen molar-refractivity contribution in [3.63, 3.8) is 0 Å². The topological polar surface area (TPSA) is 38.3 Å². The van der Waals surface area contributed by atoms with Gasteiger partial charge in [0.1, 0.15) is 5.54 Å². The summed E-state index contributed by atoms with van der Waals surface area (Å²) >= 11 is 0. The number of hydrogen-bond acceptors (Lipinski definition) is 3. The van der Waals surface area contributed by atoms with E-state index in [1.165, 1.54) is 5.56 Å². The first-order chi connectivity index (χ1) is 8.62. The molecule has 0 amide bonds. The van der Waals surface area contributed by atoms with Crippen LogP contribution in [0.1, 0.15) is 32.8 Å². The second-order valence-electron chi connectivity index (χ2n) is 4.57. The molecule has 1 atom stereocenters. The molecular formula is C15H23NO2. The first-order valence-corrected chi connectivity index (χ1v) is 6.58. The number of esters is 1. The third kappa shape index (κ3) is 4.15. The van der Waals surface area contributed by atoms with Gasteiger partial charge in [0, 0.05) is 0 Å². The molecule has 1 aromatic rings. The lowest BCUT2D eigenvalue weighted by Crippen LogP contribution is -2.50. The Morgan fingerprint density at radius 1 is 1.28 bits per heavy atom. The van der Waals surface area contributed by atoms with Crippen molar-refractivity contribution in [2.24, 2.45) is 0 Å². The minimum absolute atomic E-state index is 0.164. The summed E-state index contributed by atoms with van der Waals surface area (Å²) in [5.74, 6) is -0.164. The van der Waals surface area contributed by atoms with Crippen molar-refractivity contribution in [2.75, 3.05) is 13.2 Å². The Hall–Kier alpha value is -1.35. The Bertz CT molecular complexity index is 364. The van der Waals surface area contributed by atoms with E-state index in [4.69, 9.17) is 4.74 Å². The molecule has 1 N–H and O–H groups in total. The first kappa shape index (κ1) is 14.7. The third-order valence-corrected chi connectivity index (χ3v) is 3.05. The predicted octanol–water partition coefficient (Wildman–Crippen LogP) is 2.55. The summed E-state index contributed by atoms with van der Waals surface area (Å²) < 4.78 is 5.15. The van der Waals surface area contributed by atoms with Gasteiger partial charge in [0.05, 0.1) is 6.61 Å². The summed E-state index contributed by atoms with van der Waals surface area (Å²) in [5.41, 5.74) is 0.645. The molecule has 0 saturated carbocycles. The lowest BCUT2D eigenvalue weighted by atomic mass is 9.93. The SMILES string of the molecule is CCNC(C)(CCc1ccccc1)C(=O)OCC. The smallest absolute Gasteiger partial charge is 0.326 e. The van der Waals surface area contributed by atoms with Gasteiger partial charge in [-0.25, -0.2) is 0 Å². The van der Waals surface area contributed by atoms with Crippen LogP contribution in [0.15, 0.2) is 30.3 Å². The molecule has 3 nitrogen and oxygen atoms in total. The maximum Gasteiger partial charge on any atom is 0.326 e. The largest absolute Gasteiger partial charge is 0.465 e. The molecule has 0 spiro atoms. The Balaban J connectivity index is 2.65. The zero-order chi connectivity index (χ0) is 13.4. The normalized spacial score (nSPS) is 13.9. The molecule has 0 saturated heterocycles. The summed E-state index contributed by atoms with van der Waals surface area (Å²) in [4.78, 5) is 12.0. The quantitative estimate of drug-likeness (QED) is 0.755. The number of nitrogens with one attached hydrogen (secondary N) is 1.